The Morgan fingerprint density at radius 3 is 2.33 bits per heavy atom. The van der Waals surface area contributed by atoms with E-state index in [1.807, 2.05) is 0 Å². The van der Waals surface area contributed by atoms with Crippen LogP contribution in [0.25, 0.3) is 0 Å². The Labute approximate surface area is 78.5 Å². The second-order valence-corrected chi connectivity index (χ2v) is 2.92. The van der Waals surface area contributed by atoms with Crippen LogP contribution in [-0.2, 0) is 9.53 Å². The van der Waals surface area contributed by atoms with Crippen LogP contribution in [0.4, 0.5) is 4.39 Å². The third-order valence-corrected chi connectivity index (χ3v) is 1.23. The van der Waals surface area contributed by atoms with Gasteiger partial charge in [-0.3, -0.25) is 0 Å². The van der Waals surface area contributed by atoms with Crippen molar-refractivity contribution >= 4 is 21.9 Å². The predicted molar refractivity (Wildman–Crippen MR) is 48.4 cm³/mol. The number of halogens is 2. The molecule has 0 aliphatic carbocycles. The second-order valence-electron chi connectivity index (χ2n) is 1.90. The molecule has 0 aromatic rings. The molecule has 0 unspecified atom stereocenters. The van der Waals surface area contributed by atoms with Crippen molar-refractivity contribution in [3.05, 3.63) is 35.1 Å². The highest BCUT2D eigenvalue weighted by molar-refractivity contribution is 9.11. The zero-order valence-corrected chi connectivity index (χ0v) is 8.15. The van der Waals surface area contributed by atoms with E-state index < -0.39 is 11.8 Å². The highest BCUT2D eigenvalue weighted by atomic mass is 79.9. The number of methoxy groups -OCH3 is 1. The molecular formula is C8H8BrFO2. The number of ether oxygens (including phenoxy) is 1. The molecule has 0 bridgehead atoms. The normalized spacial score (nSPS) is 10.8. The molecule has 0 heterocycles. The van der Waals surface area contributed by atoms with E-state index in [9.17, 15) is 9.18 Å². The Balaban J connectivity index is 4.79. The minimum Gasteiger partial charge on any atom is -0.465 e. The van der Waals surface area contributed by atoms with E-state index >= 15 is 0 Å². The van der Waals surface area contributed by atoms with Gasteiger partial charge in [0.15, 0.2) is 0 Å². The molecule has 0 radical (unpaired) electrons. The molecule has 0 N–H and O–H groups in total. The van der Waals surface area contributed by atoms with Crippen LogP contribution < -0.4 is 0 Å². The summed E-state index contributed by atoms with van der Waals surface area (Å²) in [4.78, 5) is 10.8. The van der Waals surface area contributed by atoms with Crippen molar-refractivity contribution in [1.29, 1.82) is 0 Å². The van der Waals surface area contributed by atoms with Crippen molar-refractivity contribution in [3.63, 3.8) is 0 Å². The highest BCUT2D eigenvalue weighted by Crippen LogP contribution is 2.15. The van der Waals surface area contributed by atoms with Crippen molar-refractivity contribution in [1.82, 2.24) is 0 Å². The van der Waals surface area contributed by atoms with Gasteiger partial charge in [0.2, 0.25) is 0 Å². The van der Waals surface area contributed by atoms with Gasteiger partial charge in [-0.2, -0.15) is 0 Å². The Morgan fingerprint density at radius 2 is 2.08 bits per heavy atom. The van der Waals surface area contributed by atoms with Crippen LogP contribution in [0.2, 0.25) is 0 Å². The largest absolute Gasteiger partial charge is 0.465 e. The van der Waals surface area contributed by atoms with Crippen molar-refractivity contribution in [2.45, 2.75) is 0 Å². The number of hydrogen-bond donors (Lipinski definition) is 0. The fourth-order valence-corrected chi connectivity index (χ4v) is 0.743. The standard InChI is InChI=1S/C8H8BrFO2/c1-5(9)4-7(6(2)10)8(11)12-3/h4H,1-2H2,3H3/b7-4+. The maximum atomic E-state index is 12.5. The first-order valence-electron chi connectivity index (χ1n) is 2.98. The lowest BCUT2D eigenvalue weighted by molar-refractivity contribution is -0.135. The van der Waals surface area contributed by atoms with E-state index in [1.165, 1.54) is 6.08 Å². The maximum absolute atomic E-state index is 12.5. The fraction of sp³-hybridized carbons (Fsp3) is 0.125. The number of rotatable bonds is 3. The average molecular weight is 235 g/mol. The van der Waals surface area contributed by atoms with Gasteiger partial charge in [-0.25, -0.2) is 9.18 Å². The van der Waals surface area contributed by atoms with Crippen LogP contribution in [0.5, 0.6) is 0 Å². The quantitative estimate of drug-likeness (QED) is 0.426. The van der Waals surface area contributed by atoms with Crippen LogP contribution in [0, 0.1) is 0 Å². The Bertz CT molecular complexity index is 256. The molecule has 0 fully saturated rings. The van der Waals surface area contributed by atoms with E-state index in [-0.39, 0.29) is 5.57 Å². The summed E-state index contributed by atoms with van der Waals surface area (Å²) in [6.45, 7) is 6.40. The lowest BCUT2D eigenvalue weighted by Crippen LogP contribution is -2.04. The highest BCUT2D eigenvalue weighted by Gasteiger charge is 2.12. The molecule has 0 rings (SSSR count). The van der Waals surface area contributed by atoms with E-state index in [1.54, 1.807) is 0 Å². The van der Waals surface area contributed by atoms with Crippen molar-refractivity contribution in [3.8, 4) is 0 Å². The molecule has 0 saturated carbocycles. The fourth-order valence-electron chi connectivity index (χ4n) is 0.515. The minimum atomic E-state index is -0.845. The molecule has 0 spiro atoms. The summed E-state index contributed by atoms with van der Waals surface area (Å²) in [6, 6.07) is 0. The molecule has 4 heteroatoms. The predicted octanol–water partition coefficient (Wildman–Crippen LogP) is 2.48. The first kappa shape index (κ1) is 11.1. The third kappa shape index (κ3) is 3.48. The average Bonchev–Trinajstić information content (AvgIpc) is 1.98. The van der Waals surface area contributed by atoms with Crippen LogP contribution in [-0.4, -0.2) is 13.1 Å². The monoisotopic (exact) mass is 234 g/mol. The summed E-state index contributed by atoms with van der Waals surface area (Å²) in [5, 5.41) is 0. The number of allylic oxidation sites excluding steroid dienone is 2. The van der Waals surface area contributed by atoms with Gasteiger partial charge in [0.1, 0.15) is 5.83 Å². The number of carbonyl (C=O) groups is 1. The zero-order chi connectivity index (χ0) is 9.72. The summed E-state index contributed by atoms with van der Waals surface area (Å²) in [6.07, 6.45) is 1.20. The topological polar surface area (TPSA) is 26.3 Å². The SMILES string of the molecule is C=C(Br)/C=C(\C(=C)F)C(=O)OC. The van der Waals surface area contributed by atoms with Crippen LogP contribution in [0.3, 0.4) is 0 Å². The zero-order valence-electron chi connectivity index (χ0n) is 6.56. The Kier molecular flexibility index (Phi) is 4.51. The summed E-state index contributed by atoms with van der Waals surface area (Å²) in [7, 11) is 1.16. The molecule has 0 aliphatic heterocycles. The van der Waals surface area contributed by atoms with E-state index in [2.05, 4.69) is 33.8 Å². The van der Waals surface area contributed by atoms with Crippen LogP contribution >= 0.6 is 15.9 Å². The van der Waals surface area contributed by atoms with Gasteiger partial charge in [-0.15, -0.1) is 0 Å². The third-order valence-electron chi connectivity index (χ3n) is 0.999. The molecule has 12 heavy (non-hydrogen) atoms. The molecular weight excluding hydrogens is 227 g/mol. The number of carbonyl (C=O) groups excluding carboxylic acids is 1. The van der Waals surface area contributed by atoms with Gasteiger partial charge in [-0.05, 0) is 6.08 Å². The summed E-state index contributed by atoms with van der Waals surface area (Å²) < 4.78 is 17.2. The number of hydrogen-bond acceptors (Lipinski definition) is 2. The number of esters is 1. The van der Waals surface area contributed by atoms with Crippen molar-refractivity contribution in [2.24, 2.45) is 0 Å². The first-order chi connectivity index (χ1) is 5.49. The van der Waals surface area contributed by atoms with Crippen LogP contribution in [0.1, 0.15) is 0 Å². The minimum absolute atomic E-state index is 0.237. The van der Waals surface area contributed by atoms with Gasteiger partial charge in [0, 0.05) is 4.48 Å². The van der Waals surface area contributed by atoms with Gasteiger partial charge in [0.05, 0.1) is 12.7 Å². The van der Waals surface area contributed by atoms with Crippen molar-refractivity contribution < 1.29 is 13.9 Å². The lowest BCUT2D eigenvalue weighted by atomic mass is 10.2. The van der Waals surface area contributed by atoms with Gasteiger partial charge in [-0.1, -0.05) is 29.1 Å². The Hall–Kier alpha value is -0.900. The molecule has 66 valence electrons. The molecule has 0 aliphatic rings. The van der Waals surface area contributed by atoms with E-state index in [4.69, 9.17) is 0 Å². The molecule has 0 amide bonds. The van der Waals surface area contributed by atoms with Crippen molar-refractivity contribution in [2.75, 3.05) is 7.11 Å². The molecule has 0 atom stereocenters. The van der Waals surface area contributed by atoms with Gasteiger partial charge < -0.3 is 4.74 Å². The molecule has 0 aromatic carbocycles. The van der Waals surface area contributed by atoms with Gasteiger partial charge in [0.25, 0.3) is 0 Å². The first-order valence-corrected chi connectivity index (χ1v) is 3.77. The summed E-state index contributed by atoms with van der Waals surface area (Å²) in [5.74, 6) is -1.62. The lowest BCUT2D eigenvalue weighted by Gasteiger charge is -2.00. The summed E-state index contributed by atoms with van der Waals surface area (Å²) >= 11 is 2.95. The van der Waals surface area contributed by atoms with Gasteiger partial charge >= 0.3 is 5.97 Å². The maximum Gasteiger partial charge on any atom is 0.340 e. The molecule has 0 saturated heterocycles. The molecule has 0 aromatic heterocycles. The Morgan fingerprint density at radius 1 is 1.58 bits per heavy atom. The second kappa shape index (κ2) is 4.87. The van der Waals surface area contributed by atoms with E-state index in [0.29, 0.717) is 4.48 Å². The molecule has 2 nitrogen and oxygen atoms in total. The van der Waals surface area contributed by atoms with Crippen LogP contribution in [0.15, 0.2) is 35.1 Å². The summed E-state index contributed by atoms with van der Waals surface area (Å²) in [5.41, 5.74) is -0.237. The van der Waals surface area contributed by atoms with E-state index in [0.717, 1.165) is 7.11 Å². The smallest absolute Gasteiger partial charge is 0.340 e.